The van der Waals surface area contributed by atoms with Gasteiger partial charge in [-0.25, -0.2) is 19.2 Å². The van der Waals surface area contributed by atoms with Crippen LogP contribution in [0.15, 0.2) is 36.4 Å². The van der Waals surface area contributed by atoms with Crippen LogP contribution in [0.5, 0.6) is 0 Å². The van der Waals surface area contributed by atoms with Crippen molar-refractivity contribution in [3.63, 3.8) is 0 Å². The Morgan fingerprint density at radius 3 is 1.50 bits per heavy atom. The summed E-state index contributed by atoms with van der Waals surface area (Å²) in [6, 6.07) is 6.87. The van der Waals surface area contributed by atoms with Crippen LogP contribution in [0.1, 0.15) is 41.4 Å². The second kappa shape index (κ2) is 6.21. The molecule has 122 valence electrons. The minimum absolute atomic E-state index is 0.128. The van der Waals surface area contributed by atoms with Crippen molar-refractivity contribution in [2.24, 2.45) is 0 Å². The summed E-state index contributed by atoms with van der Waals surface area (Å²) >= 11 is 0. The Morgan fingerprint density at radius 1 is 0.625 bits per heavy atom. The molecule has 0 radical (unpaired) electrons. The first-order chi connectivity index (χ1) is 11.2. The van der Waals surface area contributed by atoms with Gasteiger partial charge in [-0.2, -0.15) is 0 Å². The van der Waals surface area contributed by atoms with Crippen molar-refractivity contribution in [1.82, 2.24) is 0 Å². The zero-order valence-corrected chi connectivity index (χ0v) is 11.9. The Bertz CT molecular complexity index is 846. The van der Waals surface area contributed by atoms with Gasteiger partial charge in [0.2, 0.25) is 0 Å². The van der Waals surface area contributed by atoms with Crippen molar-refractivity contribution in [3.8, 4) is 11.1 Å². The van der Waals surface area contributed by atoms with E-state index in [2.05, 4.69) is 0 Å². The molecule has 0 aliphatic rings. The van der Waals surface area contributed by atoms with Gasteiger partial charge < -0.3 is 20.4 Å². The van der Waals surface area contributed by atoms with E-state index in [1.165, 1.54) is 24.3 Å². The van der Waals surface area contributed by atoms with Gasteiger partial charge >= 0.3 is 23.9 Å². The molecular formula is C16H10O8. The van der Waals surface area contributed by atoms with Crippen LogP contribution in [-0.4, -0.2) is 44.3 Å². The Morgan fingerprint density at radius 2 is 1.08 bits per heavy atom. The van der Waals surface area contributed by atoms with E-state index in [-0.39, 0.29) is 16.7 Å². The molecule has 0 heterocycles. The third kappa shape index (κ3) is 2.93. The number of carboxylic acids is 4. The Balaban J connectivity index is 2.97. The van der Waals surface area contributed by atoms with Gasteiger partial charge in [0.15, 0.2) is 0 Å². The van der Waals surface area contributed by atoms with Gasteiger partial charge in [0.1, 0.15) is 0 Å². The topological polar surface area (TPSA) is 149 Å². The summed E-state index contributed by atoms with van der Waals surface area (Å²) in [5.41, 5.74) is -2.54. The van der Waals surface area contributed by atoms with Crippen molar-refractivity contribution in [2.45, 2.75) is 0 Å². The lowest BCUT2D eigenvalue weighted by Gasteiger charge is -2.14. The van der Waals surface area contributed by atoms with Crippen molar-refractivity contribution in [3.05, 3.63) is 58.7 Å². The number of benzene rings is 2. The summed E-state index contributed by atoms with van der Waals surface area (Å²) < 4.78 is 0. The van der Waals surface area contributed by atoms with Gasteiger partial charge in [-0.1, -0.05) is 18.2 Å². The monoisotopic (exact) mass is 330 g/mol. The highest BCUT2D eigenvalue weighted by Crippen LogP contribution is 2.32. The maximum Gasteiger partial charge on any atom is 0.336 e. The first-order valence-electron chi connectivity index (χ1n) is 6.44. The number of hydrogen-bond acceptors (Lipinski definition) is 4. The smallest absolute Gasteiger partial charge is 0.336 e. The van der Waals surface area contributed by atoms with Gasteiger partial charge in [0.05, 0.1) is 22.3 Å². The molecule has 0 aliphatic heterocycles. The molecule has 24 heavy (non-hydrogen) atoms. The third-order valence-electron chi connectivity index (χ3n) is 3.27. The average Bonchev–Trinajstić information content (AvgIpc) is 2.53. The van der Waals surface area contributed by atoms with E-state index in [1.807, 2.05) is 0 Å². The molecule has 0 saturated heterocycles. The van der Waals surface area contributed by atoms with Gasteiger partial charge in [-0.15, -0.1) is 0 Å². The van der Waals surface area contributed by atoms with Crippen LogP contribution in [0.3, 0.4) is 0 Å². The number of aromatic carboxylic acids is 4. The Kier molecular flexibility index (Phi) is 4.32. The van der Waals surface area contributed by atoms with Crippen LogP contribution in [0.4, 0.5) is 0 Å². The fraction of sp³-hybridized carbons (Fsp3) is 0. The fourth-order valence-electron chi connectivity index (χ4n) is 2.28. The summed E-state index contributed by atoms with van der Waals surface area (Å²) in [6.07, 6.45) is 0. The van der Waals surface area contributed by atoms with E-state index in [4.69, 9.17) is 5.11 Å². The molecule has 0 amide bonds. The van der Waals surface area contributed by atoms with E-state index in [0.29, 0.717) is 0 Å². The molecule has 0 aromatic heterocycles. The number of rotatable bonds is 5. The molecule has 8 heteroatoms. The molecule has 0 saturated carbocycles. The standard InChI is InChI=1S/C16H10O8/c17-13(18)7-5-10(15(21)22)12(11(6-7)16(23)24)8-3-1-2-4-9(8)14(19)20/h1-6H,(H,17,18)(H,19,20)(H,21,22)(H,23,24). The first-order valence-corrected chi connectivity index (χ1v) is 6.44. The number of hydrogen-bond donors (Lipinski definition) is 4. The van der Waals surface area contributed by atoms with Crippen molar-refractivity contribution < 1.29 is 39.6 Å². The van der Waals surface area contributed by atoms with Crippen LogP contribution in [0.25, 0.3) is 11.1 Å². The van der Waals surface area contributed by atoms with Crippen LogP contribution in [-0.2, 0) is 0 Å². The molecule has 2 aromatic rings. The SMILES string of the molecule is O=C(O)c1cc(C(=O)O)c(-c2ccccc2C(=O)O)c(C(=O)O)c1. The van der Waals surface area contributed by atoms with Crippen molar-refractivity contribution in [2.75, 3.05) is 0 Å². The maximum atomic E-state index is 11.5. The first kappa shape index (κ1) is 16.7. The van der Waals surface area contributed by atoms with E-state index in [9.17, 15) is 34.5 Å². The van der Waals surface area contributed by atoms with Crippen molar-refractivity contribution in [1.29, 1.82) is 0 Å². The predicted octanol–water partition coefficient (Wildman–Crippen LogP) is 2.15. The van der Waals surface area contributed by atoms with Crippen LogP contribution in [0, 0.1) is 0 Å². The van der Waals surface area contributed by atoms with Crippen LogP contribution >= 0.6 is 0 Å². The van der Waals surface area contributed by atoms with Crippen LogP contribution < -0.4 is 0 Å². The Labute approximate surface area is 134 Å². The summed E-state index contributed by atoms with van der Waals surface area (Å²) in [5.74, 6) is -6.02. The Hall–Kier alpha value is -3.68. The molecule has 0 fully saturated rings. The van der Waals surface area contributed by atoms with Crippen molar-refractivity contribution >= 4 is 23.9 Å². The minimum atomic E-state index is -1.57. The third-order valence-corrected chi connectivity index (χ3v) is 3.27. The lowest BCUT2D eigenvalue weighted by Crippen LogP contribution is -2.12. The number of carboxylic acid groups (broad SMARTS) is 4. The largest absolute Gasteiger partial charge is 0.478 e. The zero-order valence-electron chi connectivity index (χ0n) is 11.9. The highest BCUT2D eigenvalue weighted by molar-refractivity contribution is 6.10. The van der Waals surface area contributed by atoms with Gasteiger partial charge in [-0.05, 0) is 23.8 Å². The second-order valence-electron chi connectivity index (χ2n) is 4.71. The summed E-state index contributed by atoms with van der Waals surface area (Å²) in [7, 11) is 0. The minimum Gasteiger partial charge on any atom is -0.478 e. The molecule has 0 spiro atoms. The summed E-state index contributed by atoms with van der Waals surface area (Å²) in [4.78, 5) is 45.4. The number of carbonyl (C=O) groups is 4. The quantitative estimate of drug-likeness (QED) is 0.651. The summed E-state index contributed by atoms with van der Waals surface area (Å²) in [6.45, 7) is 0. The molecule has 2 rings (SSSR count). The summed E-state index contributed by atoms with van der Waals surface area (Å²) in [5, 5.41) is 36.9. The maximum absolute atomic E-state index is 11.5. The van der Waals surface area contributed by atoms with Gasteiger partial charge in [0.25, 0.3) is 0 Å². The second-order valence-corrected chi connectivity index (χ2v) is 4.71. The highest BCUT2D eigenvalue weighted by atomic mass is 16.4. The molecule has 0 bridgehead atoms. The predicted molar refractivity (Wildman–Crippen MR) is 79.7 cm³/mol. The van der Waals surface area contributed by atoms with E-state index in [0.717, 1.165) is 12.1 Å². The van der Waals surface area contributed by atoms with Crippen LogP contribution in [0.2, 0.25) is 0 Å². The van der Waals surface area contributed by atoms with E-state index >= 15 is 0 Å². The molecule has 4 N–H and O–H groups in total. The molecule has 0 aliphatic carbocycles. The molecule has 2 aromatic carbocycles. The van der Waals surface area contributed by atoms with E-state index < -0.39 is 40.6 Å². The van der Waals surface area contributed by atoms with Gasteiger partial charge in [-0.3, -0.25) is 0 Å². The van der Waals surface area contributed by atoms with E-state index in [1.54, 1.807) is 0 Å². The lowest BCUT2D eigenvalue weighted by atomic mass is 9.89. The molecule has 8 nitrogen and oxygen atoms in total. The zero-order chi connectivity index (χ0) is 18.0. The lowest BCUT2D eigenvalue weighted by molar-refractivity contribution is 0.0677. The fourth-order valence-corrected chi connectivity index (χ4v) is 2.28. The molecule has 0 unspecified atom stereocenters. The average molecular weight is 330 g/mol. The molecule has 0 atom stereocenters. The van der Waals surface area contributed by atoms with Gasteiger partial charge in [0, 0.05) is 5.56 Å². The molecular weight excluding hydrogens is 320 g/mol. The normalized spacial score (nSPS) is 10.2. The highest BCUT2D eigenvalue weighted by Gasteiger charge is 2.26.